The van der Waals surface area contributed by atoms with Crippen LogP contribution in [-0.4, -0.2) is 46.3 Å². The number of hydrogen-bond donors (Lipinski definition) is 2. The zero-order valence-electron chi connectivity index (χ0n) is 13.5. The van der Waals surface area contributed by atoms with Crippen molar-refractivity contribution < 1.29 is 4.79 Å². The lowest BCUT2D eigenvalue weighted by molar-refractivity contribution is 0.0667. The van der Waals surface area contributed by atoms with Crippen LogP contribution in [-0.2, 0) is 0 Å². The van der Waals surface area contributed by atoms with E-state index in [9.17, 15) is 4.79 Å². The molecule has 0 bridgehead atoms. The van der Waals surface area contributed by atoms with Crippen LogP contribution in [0.15, 0.2) is 30.5 Å². The predicted molar refractivity (Wildman–Crippen MR) is 92.2 cm³/mol. The fourth-order valence-electron chi connectivity index (χ4n) is 3.50. The van der Waals surface area contributed by atoms with Crippen molar-refractivity contribution in [3.8, 4) is 5.69 Å². The number of halogens is 1. The lowest BCUT2D eigenvalue weighted by Gasteiger charge is -2.34. The third-order valence-electron chi connectivity index (χ3n) is 4.89. The first-order chi connectivity index (χ1) is 11.6. The zero-order valence-corrected chi connectivity index (χ0v) is 14.3. The Morgan fingerprint density at radius 1 is 1.33 bits per heavy atom. The molecule has 2 saturated heterocycles. The Morgan fingerprint density at radius 2 is 2.12 bits per heavy atom. The monoisotopic (exact) mass is 345 g/mol. The standard InChI is InChI=1S/C17H20ClN5O/c1-11-15(10-23(21-11)14-4-2-13(18)3-5-14)17(24)22-7-6-16-12(9-22)8-19-20-16/h2-5,10,12,16,19-20H,6-9H2,1H3. The summed E-state index contributed by atoms with van der Waals surface area (Å²) in [5, 5.41) is 5.18. The summed E-state index contributed by atoms with van der Waals surface area (Å²) in [5.41, 5.74) is 8.79. The molecule has 0 aliphatic carbocycles. The highest BCUT2D eigenvalue weighted by Gasteiger charge is 2.35. The highest BCUT2D eigenvalue weighted by molar-refractivity contribution is 6.30. The fraction of sp³-hybridized carbons (Fsp3) is 0.412. The summed E-state index contributed by atoms with van der Waals surface area (Å²) in [6, 6.07) is 7.90. The van der Waals surface area contributed by atoms with Crippen molar-refractivity contribution in [3.05, 3.63) is 46.7 Å². The van der Waals surface area contributed by atoms with E-state index in [1.54, 1.807) is 4.68 Å². The van der Waals surface area contributed by atoms with Crippen LogP contribution in [0.1, 0.15) is 22.5 Å². The van der Waals surface area contributed by atoms with Gasteiger partial charge in [0, 0.05) is 42.8 Å². The minimum absolute atomic E-state index is 0.0677. The van der Waals surface area contributed by atoms with Gasteiger partial charge >= 0.3 is 0 Å². The van der Waals surface area contributed by atoms with Gasteiger partial charge in [0.1, 0.15) is 0 Å². The van der Waals surface area contributed by atoms with Crippen molar-refractivity contribution >= 4 is 17.5 Å². The number of aryl methyl sites for hydroxylation is 1. The Morgan fingerprint density at radius 3 is 2.92 bits per heavy atom. The third kappa shape index (κ3) is 2.81. The molecule has 2 atom stereocenters. The molecule has 2 unspecified atom stereocenters. The minimum atomic E-state index is 0.0677. The molecule has 1 aromatic heterocycles. The van der Waals surface area contributed by atoms with Crippen LogP contribution in [0, 0.1) is 12.8 Å². The molecule has 7 heteroatoms. The van der Waals surface area contributed by atoms with Crippen LogP contribution < -0.4 is 10.9 Å². The number of carbonyl (C=O) groups excluding carboxylic acids is 1. The molecule has 0 saturated carbocycles. The summed E-state index contributed by atoms with van der Waals surface area (Å²) in [7, 11) is 0. The van der Waals surface area contributed by atoms with Crippen LogP contribution in [0.4, 0.5) is 0 Å². The first-order valence-corrected chi connectivity index (χ1v) is 8.59. The molecule has 2 aliphatic rings. The maximum absolute atomic E-state index is 12.9. The number of nitrogens with one attached hydrogen (secondary N) is 2. The largest absolute Gasteiger partial charge is 0.338 e. The van der Waals surface area contributed by atoms with E-state index < -0.39 is 0 Å². The predicted octanol–water partition coefficient (Wildman–Crippen LogP) is 1.77. The maximum Gasteiger partial charge on any atom is 0.257 e. The second-order valence-electron chi connectivity index (χ2n) is 6.48. The van der Waals surface area contributed by atoms with Gasteiger partial charge in [-0.2, -0.15) is 5.10 Å². The number of hydrogen-bond acceptors (Lipinski definition) is 4. The Balaban J connectivity index is 1.55. The highest BCUT2D eigenvalue weighted by atomic mass is 35.5. The summed E-state index contributed by atoms with van der Waals surface area (Å²) in [4.78, 5) is 14.9. The quantitative estimate of drug-likeness (QED) is 0.871. The molecule has 126 valence electrons. The number of likely N-dealkylation sites (tertiary alicyclic amines) is 1. The fourth-order valence-corrected chi connectivity index (χ4v) is 3.63. The third-order valence-corrected chi connectivity index (χ3v) is 5.15. The van der Waals surface area contributed by atoms with Crippen molar-refractivity contribution in [2.24, 2.45) is 5.92 Å². The molecule has 0 spiro atoms. The number of rotatable bonds is 2. The van der Waals surface area contributed by atoms with Crippen molar-refractivity contribution in [2.45, 2.75) is 19.4 Å². The van der Waals surface area contributed by atoms with Gasteiger partial charge in [-0.25, -0.2) is 4.68 Å². The van der Waals surface area contributed by atoms with Gasteiger partial charge in [-0.15, -0.1) is 0 Å². The number of fused-ring (bicyclic) bond motifs is 1. The van der Waals surface area contributed by atoms with Crippen LogP contribution in [0.25, 0.3) is 5.69 Å². The van der Waals surface area contributed by atoms with E-state index in [1.807, 2.05) is 42.3 Å². The number of nitrogens with zero attached hydrogens (tertiary/aromatic N) is 3. The highest BCUT2D eigenvalue weighted by Crippen LogP contribution is 2.22. The van der Waals surface area contributed by atoms with Crippen LogP contribution >= 0.6 is 11.6 Å². The Bertz CT molecular complexity index is 757. The SMILES string of the molecule is Cc1nn(-c2ccc(Cl)cc2)cc1C(=O)N1CCC2NNCC2C1. The molecule has 0 radical (unpaired) electrons. The normalized spacial score (nSPS) is 23.3. The molecule has 1 amide bonds. The maximum atomic E-state index is 12.9. The molecule has 2 fully saturated rings. The second-order valence-corrected chi connectivity index (χ2v) is 6.92. The first kappa shape index (κ1) is 15.6. The molecular weight excluding hydrogens is 326 g/mol. The Labute approximate surface area is 145 Å². The molecular formula is C17H20ClN5O. The number of carbonyl (C=O) groups is 1. The minimum Gasteiger partial charge on any atom is -0.338 e. The Kier molecular flexibility index (Phi) is 4.04. The van der Waals surface area contributed by atoms with E-state index in [0.717, 1.165) is 37.4 Å². The topological polar surface area (TPSA) is 62.2 Å². The summed E-state index contributed by atoms with van der Waals surface area (Å²) in [5.74, 6) is 0.548. The summed E-state index contributed by atoms with van der Waals surface area (Å²) < 4.78 is 1.74. The lowest BCUT2D eigenvalue weighted by Crippen LogP contribution is -2.47. The molecule has 1 aromatic carbocycles. The van der Waals surface area contributed by atoms with Gasteiger partial charge in [0.25, 0.3) is 5.91 Å². The molecule has 4 rings (SSSR count). The van der Waals surface area contributed by atoms with E-state index in [-0.39, 0.29) is 5.91 Å². The molecule has 24 heavy (non-hydrogen) atoms. The number of hydrazine groups is 1. The van der Waals surface area contributed by atoms with Gasteiger partial charge in [0.15, 0.2) is 0 Å². The van der Waals surface area contributed by atoms with Crippen molar-refractivity contribution in [3.63, 3.8) is 0 Å². The molecule has 2 N–H and O–H groups in total. The van der Waals surface area contributed by atoms with Gasteiger partial charge in [-0.1, -0.05) is 11.6 Å². The summed E-state index contributed by atoms with van der Waals surface area (Å²) >= 11 is 5.93. The van der Waals surface area contributed by atoms with Gasteiger partial charge in [0.05, 0.1) is 16.9 Å². The number of amides is 1. The van der Waals surface area contributed by atoms with Crippen LogP contribution in [0.3, 0.4) is 0 Å². The average molecular weight is 346 g/mol. The van der Waals surface area contributed by atoms with Crippen LogP contribution in [0.2, 0.25) is 5.02 Å². The van der Waals surface area contributed by atoms with E-state index in [2.05, 4.69) is 16.0 Å². The van der Waals surface area contributed by atoms with E-state index in [0.29, 0.717) is 22.5 Å². The zero-order chi connectivity index (χ0) is 16.7. The molecule has 2 aromatic rings. The van der Waals surface area contributed by atoms with Crippen molar-refractivity contribution in [1.82, 2.24) is 25.5 Å². The van der Waals surface area contributed by atoms with E-state index >= 15 is 0 Å². The number of piperidine rings is 1. The van der Waals surface area contributed by atoms with Gasteiger partial charge < -0.3 is 4.90 Å². The first-order valence-electron chi connectivity index (χ1n) is 8.21. The average Bonchev–Trinajstić information content (AvgIpc) is 3.20. The van der Waals surface area contributed by atoms with Gasteiger partial charge in [-0.3, -0.25) is 15.6 Å². The number of aromatic nitrogens is 2. The van der Waals surface area contributed by atoms with Gasteiger partial charge in [0.2, 0.25) is 0 Å². The molecule has 2 aliphatic heterocycles. The van der Waals surface area contributed by atoms with E-state index in [4.69, 9.17) is 11.6 Å². The molecule has 6 nitrogen and oxygen atoms in total. The summed E-state index contributed by atoms with van der Waals surface area (Å²) in [6.07, 6.45) is 2.80. The van der Waals surface area contributed by atoms with Crippen molar-refractivity contribution in [1.29, 1.82) is 0 Å². The molecule has 3 heterocycles. The summed E-state index contributed by atoms with van der Waals surface area (Å²) in [6.45, 7) is 4.36. The second kappa shape index (κ2) is 6.20. The lowest BCUT2D eigenvalue weighted by atomic mass is 9.94. The van der Waals surface area contributed by atoms with Gasteiger partial charge in [-0.05, 0) is 37.6 Å². The van der Waals surface area contributed by atoms with E-state index in [1.165, 1.54) is 0 Å². The number of benzene rings is 1. The van der Waals surface area contributed by atoms with Crippen molar-refractivity contribution in [2.75, 3.05) is 19.6 Å². The smallest absolute Gasteiger partial charge is 0.257 e. The van der Waals surface area contributed by atoms with Crippen LogP contribution in [0.5, 0.6) is 0 Å². The Hall–Kier alpha value is -1.89.